The first-order valence-corrected chi connectivity index (χ1v) is 20.9. The van der Waals surface area contributed by atoms with Crippen molar-refractivity contribution in [2.24, 2.45) is 0 Å². The van der Waals surface area contributed by atoms with E-state index in [1.54, 1.807) is 0 Å². The molecule has 0 fully saturated rings. The number of hydrogen-bond donors (Lipinski definition) is 0. The van der Waals surface area contributed by atoms with Gasteiger partial charge in [-0.3, -0.25) is 0 Å². The van der Waals surface area contributed by atoms with Crippen LogP contribution < -0.4 is 0 Å². The molecule has 0 unspecified atom stereocenters. The molecule has 0 atom stereocenters. The summed E-state index contributed by atoms with van der Waals surface area (Å²) in [6, 6.07) is 79.0. The van der Waals surface area contributed by atoms with Crippen LogP contribution in [-0.4, -0.2) is 24.1 Å². The summed E-state index contributed by atoms with van der Waals surface area (Å²) in [7, 11) is 0. The summed E-state index contributed by atoms with van der Waals surface area (Å²) in [5, 5.41) is 10.2. The molecule has 4 heterocycles. The highest BCUT2D eigenvalue weighted by molar-refractivity contribution is 6.10. The zero-order valence-electron chi connectivity index (χ0n) is 33.6. The minimum absolute atomic E-state index is 0.651. The lowest BCUT2D eigenvalue weighted by Gasteiger charge is -2.13. The molecule has 0 amide bonds. The van der Waals surface area contributed by atoms with E-state index >= 15 is 0 Å². The van der Waals surface area contributed by atoms with Gasteiger partial charge in [0.15, 0.2) is 5.82 Å². The molecule has 0 N–H and O–H groups in total. The number of hydrogen-bond acceptors (Lipinski definition) is 3. The van der Waals surface area contributed by atoms with Gasteiger partial charge in [0, 0.05) is 55.2 Å². The van der Waals surface area contributed by atoms with Crippen molar-refractivity contribution < 1.29 is 0 Å². The Hall–Kier alpha value is -8.41. The summed E-state index contributed by atoms with van der Waals surface area (Å²) < 4.78 is 4.49. The van der Waals surface area contributed by atoms with E-state index in [4.69, 9.17) is 15.1 Å². The molecule has 62 heavy (non-hydrogen) atoms. The maximum atomic E-state index is 5.45. The van der Waals surface area contributed by atoms with Crippen LogP contribution in [0.5, 0.6) is 0 Å². The van der Waals surface area contributed by atoms with E-state index in [0.717, 1.165) is 83.7 Å². The zero-order chi connectivity index (χ0) is 41.0. The fraction of sp³-hybridized carbons (Fsp3) is 0. The Bertz CT molecular complexity index is 3570. The Balaban J connectivity index is 1.07. The fourth-order valence-corrected chi connectivity index (χ4v) is 9.07. The molecule has 0 aliphatic carbocycles. The van der Waals surface area contributed by atoms with E-state index < -0.39 is 0 Å². The minimum Gasteiger partial charge on any atom is -0.309 e. The Morgan fingerprint density at radius 3 is 1.60 bits per heavy atom. The first-order valence-electron chi connectivity index (χ1n) is 20.9. The number of fused-ring (bicyclic) bond motifs is 6. The molecule has 8 aromatic carbocycles. The second-order valence-corrected chi connectivity index (χ2v) is 15.7. The van der Waals surface area contributed by atoms with Gasteiger partial charge < -0.3 is 4.57 Å². The van der Waals surface area contributed by atoms with E-state index in [2.05, 4.69) is 227 Å². The molecule has 0 radical (unpaired) electrons. The van der Waals surface area contributed by atoms with Crippen LogP contribution in [0.2, 0.25) is 0 Å². The normalized spacial score (nSPS) is 11.5. The molecular weight excluding hydrogens is 755 g/mol. The highest BCUT2D eigenvalue weighted by atomic mass is 15.2. The van der Waals surface area contributed by atoms with E-state index in [1.165, 1.54) is 21.8 Å². The van der Waals surface area contributed by atoms with Crippen molar-refractivity contribution in [3.63, 3.8) is 0 Å². The van der Waals surface area contributed by atoms with Gasteiger partial charge in [-0.1, -0.05) is 182 Å². The molecule has 0 aliphatic rings. The summed E-state index contributed by atoms with van der Waals surface area (Å²) in [4.78, 5) is 10.7. The molecule has 5 nitrogen and oxygen atoms in total. The molecule has 12 aromatic rings. The summed E-state index contributed by atoms with van der Waals surface area (Å²) in [5.74, 6) is 0.651. The van der Waals surface area contributed by atoms with Gasteiger partial charge in [-0.05, 0) is 53.4 Å². The first kappa shape index (κ1) is 35.5. The highest BCUT2D eigenvalue weighted by Crippen LogP contribution is 2.42. The lowest BCUT2D eigenvalue weighted by atomic mass is 9.95. The first-order chi connectivity index (χ1) is 30.7. The standard InChI is InChI=1S/C57H37N5/c1-4-18-38(19-5-1)49-37-50(42-25-17-28-45(35-42)61-51-32-14-12-30-47(51)48-31-13-15-33-52(48)61)59-57(58-49)44-27-16-26-43(34-44)54-55(40-22-8-3-9-23-40)60-62-53(39-20-6-2-7-21-39)36-41-24-10-11-29-46(41)56(54)62/h1-37H. The van der Waals surface area contributed by atoms with Crippen molar-refractivity contribution in [1.82, 2.24) is 24.1 Å². The van der Waals surface area contributed by atoms with E-state index in [-0.39, 0.29) is 0 Å². The predicted molar refractivity (Wildman–Crippen MR) is 255 cm³/mol. The van der Waals surface area contributed by atoms with Crippen molar-refractivity contribution in [2.45, 2.75) is 0 Å². The maximum Gasteiger partial charge on any atom is 0.160 e. The monoisotopic (exact) mass is 791 g/mol. The third kappa shape index (κ3) is 5.98. The molecule has 4 aromatic heterocycles. The Morgan fingerprint density at radius 2 is 0.887 bits per heavy atom. The topological polar surface area (TPSA) is 48.0 Å². The summed E-state index contributed by atoms with van der Waals surface area (Å²) in [6.07, 6.45) is 0. The van der Waals surface area contributed by atoms with Crippen molar-refractivity contribution in [3.05, 3.63) is 224 Å². The molecule has 0 saturated carbocycles. The number of pyridine rings is 1. The molecule has 0 bridgehead atoms. The number of nitrogens with zero attached hydrogens (tertiary/aromatic N) is 5. The lowest BCUT2D eigenvalue weighted by Crippen LogP contribution is -1.98. The molecule has 12 rings (SSSR count). The van der Waals surface area contributed by atoms with Crippen LogP contribution in [0.4, 0.5) is 0 Å². The average molecular weight is 792 g/mol. The van der Waals surface area contributed by atoms with Gasteiger partial charge in [0.25, 0.3) is 0 Å². The molecule has 5 heteroatoms. The Labute approximate surface area is 358 Å². The highest BCUT2D eigenvalue weighted by Gasteiger charge is 2.23. The molecule has 0 saturated heterocycles. The second-order valence-electron chi connectivity index (χ2n) is 15.7. The number of benzene rings is 8. The molecular formula is C57H37N5. The number of aromatic nitrogens is 5. The predicted octanol–water partition coefficient (Wildman–Crippen LogP) is 14.4. The van der Waals surface area contributed by atoms with Crippen molar-refractivity contribution in [1.29, 1.82) is 0 Å². The van der Waals surface area contributed by atoms with Gasteiger partial charge in [-0.2, -0.15) is 5.10 Å². The SMILES string of the molecule is c1ccc(-c2cc(-c3cccc(-n4c5ccccc5c5ccccc54)c3)nc(-c3cccc(-c4c(-c5ccccc5)nn5c(-c6ccccc6)cc6ccccc6c45)c3)n2)cc1. The maximum absolute atomic E-state index is 5.45. The second kappa shape index (κ2) is 14.7. The Kier molecular flexibility index (Phi) is 8.42. The van der Waals surface area contributed by atoms with Gasteiger partial charge >= 0.3 is 0 Å². The third-order valence-corrected chi connectivity index (χ3v) is 11.9. The van der Waals surface area contributed by atoms with Crippen LogP contribution in [0.1, 0.15) is 0 Å². The van der Waals surface area contributed by atoms with Gasteiger partial charge in [-0.15, -0.1) is 0 Å². The summed E-state index contributed by atoms with van der Waals surface area (Å²) in [6.45, 7) is 0. The van der Waals surface area contributed by atoms with Gasteiger partial charge in [-0.25, -0.2) is 14.5 Å². The van der Waals surface area contributed by atoms with Crippen LogP contribution in [0, 0.1) is 0 Å². The van der Waals surface area contributed by atoms with Gasteiger partial charge in [0.05, 0.1) is 33.6 Å². The smallest absolute Gasteiger partial charge is 0.160 e. The molecule has 0 aliphatic heterocycles. The largest absolute Gasteiger partial charge is 0.309 e. The Morgan fingerprint density at radius 1 is 0.355 bits per heavy atom. The minimum atomic E-state index is 0.651. The number of para-hydroxylation sites is 2. The average Bonchev–Trinajstić information content (AvgIpc) is 3.92. The van der Waals surface area contributed by atoms with Crippen molar-refractivity contribution in [3.8, 4) is 73.2 Å². The summed E-state index contributed by atoms with van der Waals surface area (Å²) in [5.41, 5.74) is 15.3. The van der Waals surface area contributed by atoms with Crippen molar-refractivity contribution >= 4 is 38.1 Å². The quantitative estimate of drug-likeness (QED) is 0.162. The van der Waals surface area contributed by atoms with Gasteiger partial charge in [0.1, 0.15) is 5.69 Å². The van der Waals surface area contributed by atoms with Crippen LogP contribution in [0.15, 0.2) is 224 Å². The van der Waals surface area contributed by atoms with E-state index in [9.17, 15) is 0 Å². The van der Waals surface area contributed by atoms with Crippen LogP contribution in [-0.2, 0) is 0 Å². The van der Waals surface area contributed by atoms with E-state index in [0.29, 0.717) is 5.82 Å². The fourth-order valence-electron chi connectivity index (χ4n) is 9.07. The molecule has 290 valence electrons. The van der Waals surface area contributed by atoms with Gasteiger partial charge in [0.2, 0.25) is 0 Å². The third-order valence-electron chi connectivity index (χ3n) is 11.9. The summed E-state index contributed by atoms with van der Waals surface area (Å²) >= 11 is 0. The molecule has 0 spiro atoms. The van der Waals surface area contributed by atoms with Crippen molar-refractivity contribution in [2.75, 3.05) is 0 Å². The zero-order valence-corrected chi connectivity index (χ0v) is 33.6. The lowest BCUT2D eigenvalue weighted by molar-refractivity contribution is 0.979. The van der Waals surface area contributed by atoms with Crippen LogP contribution in [0.3, 0.4) is 0 Å². The van der Waals surface area contributed by atoms with Crippen LogP contribution >= 0.6 is 0 Å². The number of rotatable bonds is 7. The van der Waals surface area contributed by atoms with Crippen LogP contribution in [0.25, 0.3) is 111 Å². The van der Waals surface area contributed by atoms with E-state index in [1.807, 2.05) is 6.07 Å².